The molecule has 1 atom stereocenters. The fraction of sp³-hybridized carbons (Fsp3) is 0.250. The van der Waals surface area contributed by atoms with Gasteiger partial charge in [-0.05, 0) is 0 Å². The van der Waals surface area contributed by atoms with E-state index in [4.69, 9.17) is 13.3 Å². The van der Waals surface area contributed by atoms with E-state index in [0.717, 1.165) is 13.8 Å². The molecule has 0 saturated heterocycles. The van der Waals surface area contributed by atoms with Crippen LogP contribution in [-0.2, 0) is 0 Å². The molecule has 3 rings (SSSR count). The fourth-order valence-electron chi connectivity index (χ4n) is 2.81. The molecule has 3 aromatic rings. The van der Waals surface area contributed by atoms with Crippen LogP contribution in [0.5, 0.6) is 0 Å². The van der Waals surface area contributed by atoms with Gasteiger partial charge in [-0.25, -0.2) is 0 Å². The Labute approximate surface area is 125 Å². The van der Waals surface area contributed by atoms with Gasteiger partial charge in [0.1, 0.15) is 0 Å². The Balaban J connectivity index is 2.31. The number of aliphatic hydroxyl groups is 1. The molecule has 5 heteroatoms. The Morgan fingerprint density at radius 3 is 1.43 bits per heavy atom. The molecule has 0 bridgehead atoms. The molecule has 1 unspecified atom stereocenters. The molecule has 0 aliphatic rings. The summed E-state index contributed by atoms with van der Waals surface area (Å²) in [6.45, 7) is 4.00. The summed E-state index contributed by atoms with van der Waals surface area (Å²) in [4.78, 5) is -0.576. The van der Waals surface area contributed by atoms with Crippen molar-refractivity contribution in [2.45, 2.75) is 18.8 Å². The summed E-state index contributed by atoms with van der Waals surface area (Å²) in [7, 11) is 0. The van der Waals surface area contributed by atoms with Crippen LogP contribution < -0.4 is 13.8 Å². The molecule has 110 valence electrons. The van der Waals surface area contributed by atoms with Gasteiger partial charge in [-0.2, -0.15) is 0 Å². The zero-order chi connectivity index (χ0) is 14.9. The van der Waals surface area contributed by atoms with Gasteiger partial charge in [-0.3, -0.25) is 0 Å². The van der Waals surface area contributed by atoms with Crippen molar-refractivity contribution in [2.75, 3.05) is 0 Å². The van der Waals surface area contributed by atoms with Gasteiger partial charge in [0.15, 0.2) is 0 Å². The van der Waals surface area contributed by atoms with Gasteiger partial charge in [0, 0.05) is 0 Å². The van der Waals surface area contributed by atoms with Crippen LogP contribution in [0.4, 0.5) is 0 Å². The van der Waals surface area contributed by atoms with Crippen molar-refractivity contribution < 1.29 is 18.4 Å². The first kappa shape index (κ1) is 14.3. The van der Waals surface area contributed by atoms with Crippen LogP contribution >= 0.6 is 0 Å². The Morgan fingerprint density at radius 1 is 0.810 bits per heavy atom. The average molecular weight is 347 g/mol. The Hall–Kier alpha value is -1.66. The van der Waals surface area contributed by atoms with Crippen molar-refractivity contribution in [3.63, 3.8) is 0 Å². The first-order chi connectivity index (χ1) is 10.2. The van der Waals surface area contributed by atoms with Crippen molar-refractivity contribution in [1.29, 1.82) is 0 Å². The summed E-state index contributed by atoms with van der Waals surface area (Å²) in [5, 5.41) is 11.1. The van der Waals surface area contributed by atoms with Crippen LogP contribution in [-0.4, -0.2) is 23.3 Å². The second kappa shape index (κ2) is 5.62. The maximum atomic E-state index is 11.1. The quantitative estimate of drug-likeness (QED) is 0.711. The van der Waals surface area contributed by atoms with E-state index >= 15 is 0 Å². The summed E-state index contributed by atoms with van der Waals surface area (Å²) in [6.07, 6.45) is 4.90. The topological polar surface area (TPSA) is 59.7 Å². The van der Waals surface area contributed by atoms with Crippen LogP contribution in [0.3, 0.4) is 0 Å². The minimum absolute atomic E-state index is 0.0605. The number of furan rings is 3. The van der Waals surface area contributed by atoms with E-state index in [2.05, 4.69) is 0 Å². The van der Waals surface area contributed by atoms with Gasteiger partial charge in [0.2, 0.25) is 0 Å². The SMILES string of the molecule is CC(C)[CH](O)[Ge]([c]1ccco1)([c]1ccco1)[c]1ccco1. The molecule has 21 heavy (non-hydrogen) atoms. The molecule has 0 aliphatic heterocycles. The summed E-state index contributed by atoms with van der Waals surface area (Å²) in [5.74, 6) is 0.0605. The third-order valence-electron chi connectivity index (χ3n) is 3.80. The fourth-order valence-corrected chi connectivity index (χ4v) is 12.1. The van der Waals surface area contributed by atoms with Crippen molar-refractivity contribution in [2.24, 2.45) is 5.92 Å². The van der Waals surface area contributed by atoms with Crippen LogP contribution in [0.25, 0.3) is 0 Å². The van der Waals surface area contributed by atoms with E-state index in [9.17, 15) is 5.11 Å². The number of aliphatic hydroxyl groups excluding tert-OH is 1. The standard InChI is InChI=1S/C16H18GeO4/c1-12(2)16(18)17(13-6-3-9-19-13,14-7-4-10-20-14)15-8-5-11-21-15/h3-12,16,18H,1-2H3. The van der Waals surface area contributed by atoms with Gasteiger partial charge in [-0.15, -0.1) is 0 Å². The molecule has 0 amide bonds. The number of hydrogen-bond donors (Lipinski definition) is 1. The monoisotopic (exact) mass is 348 g/mol. The first-order valence-electron chi connectivity index (χ1n) is 6.97. The second-order valence-electron chi connectivity index (χ2n) is 5.43. The first-order valence-corrected chi connectivity index (χ1v) is 11.3. The van der Waals surface area contributed by atoms with Gasteiger partial charge >= 0.3 is 125 Å². The van der Waals surface area contributed by atoms with Gasteiger partial charge in [-0.1, -0.05) is 0 Å². The van der Waals surface area contributed by atoms with Crippen molar-refractivity contribution in [1.82, 2.24) is 0 Å². The molecule has 4 nitrogen and oxygen atoms in total. The molecular weight excluding hydrogens is 329 g/mol. The zero-order valence-electron chi connectivity index (χ0n) is 12.0. The van der Waals surface area contributed by atoms with Crippen molar-refractivity contribution in [3.05, 3.63) is 55.2 Å². The summed E-state index contributed by atoms with van der Waals surface area (Å²) < 4.78 is 19.5. The normalized spacial score (nSPS) is 13.7. The average Bonchev–Trinajstić information content (AvgIpc) is 3.24. The third-order valence-corrected chi connectivity index (χ3v) is 13.7. The van der Waals surface area contributed by atoms with Crippen LogP contribution in [0.1, 0.15) is 13.8 Å². The van der Waals surface area contributed by atoms with Crippen LogP contribution in [0.2, 0.25) is 0 Å². The summed E-state index contributed by atoms with van der Waals surface area (Å²) >= 11 is -3.54. The zero-order valence-corrected chi connectivity index (χ0v) is 14.1. The summed E-state index contributed by atoms with van der Waals surface area (Å²) in [6, 6.07) is 11.3. The Bertz CT molecular complexity index is 569. The molecular formula is C16H18GeO4. The van der Waals surface area contributed by atoms with E-state index in [0.29, 0.717) is 0 Å². The molecule has 0 aliphatic carbocycles. The van der Waals surface area contributed by atoms with E-state index < -0.39 is 18.2 Å². The molecule has 0 spiro atoms. The third kappa shape index (κ3) is 2.19. The van der Waals surface area contributed by atoms with Crippen molar-refractivity contribution in [3.8, 4) is 0 Å². The molecule has 0 aromatic carbocycles. The van der Waals surface area contributed by atoms with E-state index in [1.165, 1.54) is 0 Å². The molecule has 3 heterocycles. The molecule has 1 N–H and O–H groups in total. The molecule has 0 saturated carbocycles. The molecule has 0 radical (unpaired) electrons. The predicted octanol–water partition coefficient (Wildman–Crippen LogP) is 1.49. The summed E-state index contributed by atoms with van der Waals surface area (Å²) in [5.41, 5.74) is 0. The number of hydrogen-bond acceptors (Lipinski definition) is 4. The Kier molecular flexibility index (Phi) is 3.82. The predicted molar refractivity (Wildman–Crippen MR) is 81.6 cm³/mol. The number of rotatable bonds is 5. The Morgan fingerprint density at radius 2 is 1.19 bits per heavy atom. The van der Waals surface area contributed by atoms with Gasteiger partial charge < -0.3 is 0 Å². The molecule has 0 fully saturated rings. The van der Waals surface area contributed by atoms with Crippen LogP contribution in [0.15, 0.2) is 68.4 Å². The van der Waals surface area contributed by atoms with E-state index in [1.807, 2.05) is 50.2 Å². The van der Waals surface area contributed by atoms with Crippen LogP contribution in [0, 0.1) is 5.92 Å². The van der Waals surface area contributed by atoms with E-state index in [1.54, 1.807) is 18.8 Å². The molecule has 3 aromatic heterocycles. The van der Waals surface area contributed by atoms with Gasteiger partial charge in [0.05, 0.1) is 0 Å². The van der Waals surface area contributed by atoms with E-state index in [-0.39, 0.29) is 5.92 Å². The maximum absolute atomic E-state index is 11.1. The second-order valence-corrected chi connectivity index (χ2v) is 13.2. The van der Waals surface area contributed by atoms with Crippen molar-refractivity contribution >= 4 is 27.0 Å². The minimum atomic E-state index is -3.54. The van der Waals surface area contributed by atoms with Gasteiger partial charge in [0.25, 0.3) is 0 Å².